The summed E-state index contributed by atoms with van der Waals surface area (Å²) in [4.78, 5) is 16.1. The highest BCUT2D eigenvalue weighted by atomic mass is 35.5. The molecule has 1 aromatic carbocycles. The summed E-state index contributed by atoms with van der Waals surface area (Å²) in [5, 5.41) is -0.0862. The van der Waals surface area contributed by atoms with Gasteiger partial charge in [0.25, 0.3) is 0 Å². The van der Waals surface area contributed by atoms with Gasteiger partial charge in [0.2, 0.25) is 5.91 Å². The Labute approximate surface area is 151 Å². The average Bonchev–Trinajstić information content (AvgIpc) is 2.78. The van der Waals surface area contributed by atoms with Crippen LogP contribution in [0.1, 0.15) is 0 Å². The summed E-state index contributed by atoms with van der Waals surface area (Å²) in [6.07, 6.45) is -8.98. The Balaban J connectivity index is 2.23. The van der Waals surface area contributed by atoms with Crippen LogP contribution in [0.2, 0.25) is 5.02 Å². The Morgan fingerprint density at radius 2 is 1.88 bits per heavy atom. The van der Waals surface area contributed by atoms with Gasteiger partial charge in [-0.05, 0) is 18.2 Å². The normalized spacial score (nSPS) is 17.6. The van der Waals surface area contributed by atoms with Crippen LogP contribution in [0.4, 0.5) is 32.0 Å². The highest BCUT2D eigenvalue weighted by molar-refractivity contribution is 8.15. The third-order valence-corrected chi connectivity index (χ3v) is 5.25. The highest BCUT2D eigenvalue weighted by Crippen LogP contribution is 2.35. The number of halogens is 7. The Bertz CT molecular complexity index is 692. The van der Waals surface area contributed by atoms with Gasteiger partial charge in [-0.3, -0.25) is 9.69 Å². The predicted molar refractivity (Wildman–Crippen MR) is 85.6 cm³/mol. The van der Waals surface area contributed by atoms with Crippen molar-refractivity contribution >= 4 is 51.9 Å². The molecule has 0 aliphatic carbocycles. The fourth-order valence-corrected chi connectivity index (χ4v) is 3.67. The molecule has 25 heavy (non-hydrogen) atoms. The first-order valence-electron chi connectivity index (χ1n) is 6.52. The van der Waals surface area contributed by atoms with Crippen LogP contribution in [0.15, 0.2) is 28.1 Å². The number of alkyl halides is 6. The lowest BCUT2D eigenvalue weighted by molar-refractivity contribution is -0.150. The van der Waals surface area contributed by atoms with Crippen molar-refractivity contribution in [3.8, 4) is 0 Å². The topological polar surface area (TPSA) is 32.7 Å². The van der Waals surface area contributed by atoms with Crippen molar-refractivity contribution in [1.82, 2.24) is 4.90 Å². The van der Waals surface area contributed by atoms with Crippen molar-refractivity contribution in [3.05, 3.63) is 23.2 Å². The number of carbonyl (C=O) groups excluding carboxylic acids is 1. The Morgan fingerprint density at radius 1 is 1.20 bits per heavy atom. The SMILES string of the molecule is O=C1CSC(=Nc2ccc(Cl)c(SCC(F)(F)F)c2)N1CC(F)(F)F. The monoisotopic (exact) mass is 422 g/mol. The molecule has 1 aliphatic heterocycles. The van der Waals surface area contributed by atoms with E-state index in [0.717, 1.165) is 11.8 Å². The van der Waals surface area contributed by atoms with Gasteiger partial charge in [-0.25, -0.2) is 4.99 Å². The average molecular weight is 423 g/mol. The maximum atomic E-state index is 12.5. The number of hydrogen-bond donors (Lipinski definition) is 0. The molecule has 3 nitrogen and oxygen atoms in total. The molecule has 1 amide bonds. The van der Waals surface area contributed by atoms with Crippen LogP contribution >= 0.6 is 35.1 Å². The zero-order chi connectivity index (χ0) is 18.8. The van der Waals surface area contributed by atoms with Crippen LogP contribution in [0.3, 0.4) is 0 Å². The Kier molecular flexibility index (Phi) is 6.21. The third kappa shape index (κ3) is 6.30. The standard InChI is InChI=1S/C13H9ClF6N2OS2/c14-8-2-1-7(3-9(8)25-6-13(18,19)20)21-11-22(5-12(15,16)17)10(23)4-24-11/h1-3H,4-6H2. The summed E-state index contributed by atoms with van der Waals surface area (Å²) >= 11 is 7.10. The van der Waals surface area contributed by atoms with E-state index in [-0.39, 0.29) is 26.5 Å². The van der Waals surface area contributed by atoms with E-state index in [4.69, 9.17) is 11.6 Å². The Hall–Kier alpha value is -1.07. The van der Waals surface area contributed by atoms with E-state index >= 15 is 0 Å². The van der Waals surface area contributed by atoms with Gasteiger partial charge in [-0.1, -0.05) is 23.4 Å². The minimum atomic E-state index is -4.59. The van der Waals surface area contributed by atoms with E-state index in [1.807, 2.05) is 0 Å². The summed E-state index contributed by atoms with van der Waals surface area (Å²) in [7, 11) is 0. The smallest absolute Gasteiger partial charge is 0.281 e. The number of thioether (sulfide) groups is 2. The van der Waals surface area contributed by atoms with Gasteiger partial charge in [0, 0.05) is 4.90 Å². The summed E-state index contributed by atoms with van der Waals surface area (Å²) in [5.41, 5.74) is 0.110. The number of benzene rings is 1. The fraction of sp³-hybridized carbons (Fsp3) is 0.385. The largest absolute Gasteiger partial charge is 0.406 e. The second-order valence-corrected chi connectivity index (χ2v) is 7.16. The third-order valence-electron chi connectivity index (χ3n) is 2.72. The van der Waals surface area contributed by atoms with Gasteiger partial charge in [0.05, 0.1) is 22.2 Å². The van der Waals surface area contributed by atoms with Crippen LogP contribution in [0, 0.1) is 0 Å². The lowest BCUT2D eigenvalue weighted by atomic mass is 10.3. The minimum absolute atomic E-state index is 0.0699. The molecule has 0 bridgehead atoms. The van der Waals surface area contributed by atoms with Crippen LogP contribution < -0.4 is 0 Å². The number of carbonyl (C=O) groups is 1. The number of aliphatic imine (C=N–C) groups is 1. The molecule has 0 N–H and O–H groups in total. The molecule has 0 unspecified atom stereocenters. The van der Waals surface area contributed by atoms with E-state index in [9.17, 15) is 31.1 Å². The Morgan fingerprint density at radius 3 is 2.48 bits per heavy atom. The maximum Gasteiger partial charge on any atom is 0.406 e. The van der Waals surface area contributed by atoms with Crippen LogP contribution in [-0.2, 0) is 4.79 Å². The quantitative estimate of drug-likeness (QED) is 0.498. The first kappa shape index (κ1) is 20.2. The number of rotatable bonds is 4. The minimum Gasteiger partial charge on any atom is -0.281 e. The van der Waals surface area contributed by atoms with Crippen molar-refractivity contribution in [2.24, 2.45) is 4.99 Å². The second kappa shape index (κ2) is 7.67. The molecule has 0 spiro atoms. The van der Waals surface area contributed by atoms with Crippen LogP contribution in [0.5, 0.6) is 0 Å². The van der Waals surface area contributed by atoms with Gasteiger partial charge < -0.3 is 0 Å². The lowest BCUT2D eigenvalue weighted by Gasteiger charge is -2.17. The summed E-state index contributed by atoms with van der Waals surface area (Å²) in [6, 6.07) is 3.89. The zero-order valence-electron chi connectivity index (χ0n) is 12.1. The van der Waals surface area contributed by atoms with E-state index in [1.165, 1.54) is 18.2 Å². The van der Waals surface area contributed by atoms with Gasteiger partial charge in [-0.15, -0.1) is 11.8 Å². The van der Waals surface area contributed by atoms with E-state index in [1.54, 1.807) is 0 Å². The molecule has 1 aliphatic rings. The number of nitrogens with zero attached hydrogens (tertiary/aromatic N) is 2. The fourth-order valence-electron chi connectivity index (χ4n) is 1.76. The summed E-state index contributed by atoms with van der Waals surface area (Å²) in [6.45, 7) is -1.47. The summed E-state index contributed by atoms with van der Waals surface area (Å²) < 4.78 is 74.5. The number of hydrogen-bond acceptors (Lipinski definition) is 4. The number of amidine groups is 1. The molecule has 138 valence electrons. The van der Waals surface area contributed by atoms with Gasteiger partial charge in [0.15, 0.2) is 5.17 Å². The van der Waals surface area contributed by atoms with Crippen molar-refractivity contribution < 1.29 is 31.1 Å². The van der Waals surface area contributed by atoms with Crippen molar-refractivity contribution in [2.45, 2.75) is 17.2 Å². The molecule has 1 heterocycles. The van der Waals surface area contributed by atoms with Crippen LogP contribution in [-0.4, -0.2) is 46.4 Å². The molecular weight excluding hydrogens is 414 g/mol. The number of amides is 1. The van der Waals surface area contributed by atoms with Crippen molar-refractivity contribution in [3.63, 3.8) is 0 Å². The highest BCUT2D eigenvalue weighted by Gasteiger charge is 2.38. The molecular formula is C13H9ClF6N2OS2. The van der Waals surface area contributed by atoms with Gasteiger partial charge >= 0.3 is 12.4 Å². The van der Waals surface area contributed by atoms with Crippen molar-refractivity contribution in [1.29, 1.82) is 0 Å². The molecule has 1 fully saturated rings. The van der Waals surface area contributed by atoms with E-state index < -0.39 is 30.6 Å². The molecule has 0 aromatic heterocycles. The van der Waals surface area contributed by atoms with Crippen molar-refractivity contribution in [2.75, 3.05) is 18.1 Å². The molecule has 0 radical (unpaired) electrons. The molecule has 1 saturated heterocycles. The molecule has 0 atom stereocenters. The molecule has 12 heteroatoms. The molecule has 2 rings (SSSR count). The first-order valence-corrected chi connectivity index (χ1v) is 8.87. The van der Waals surface area contributed by atoms with E-state index in [0.29, 0.717) is 16.7 Å². The first-order chi connectivity index (χ1) is 11.4. The van der Waals surface area contributed by atoms with E-state index in [2.05, 4.69) is 4.99 Å². The predicted octanol–water partition coefficient (Wildman–Crippen LogP) is 5.12. The molecule has 1 aromatic rings. The zero-order valence-corrected chi connectivity index (χ0v) is 14.5. The second-order valence-electron chi connectivity index (χ2n) is 4.80. The lowest BCUT2D eigenvalue weighted by Crippen LogP contribution is -2.38. The van der Waals surface area contributed by atoms with Gasteiger partial charge in [0.1, 0.15) is 6.54 Å². The van der Waals surface area contributed by atoms with Gasteiger partial charge in [-0.2, -0.15) is 26.3 Å². The summed E-state index contributed by atoms with van der Waals surface area (Å²) in [5.74, 6) is -2.08. The maximum absolute atomic E-state index is 12.5. The molecule has 0 saturated carbocycles. The van der Waals surface area contributed by atoms with Crippen LogP contribution in [0.25, 0.3) is 0 Å².